The van der Waals surface area contributed by atoms with Crippen molar-refractivity contribution in [1.29, 1.82) is 0 Å². The number of nitrogens with zero attached hydrogens (tertiary/aromatic N) is 2. The molecule has 0 aliphatic carbocycles. The van der Waals surface area contributed by atoms with Crippen molar-refractivity contribution >= 4 is 5.69 Å². The molecule has 0 aromatic heterocycles. The maximum absolute atomic E-state index is 12.2. The molecule has 0 saturated carbocycles. The van der Waals surface area contributed by atoms with Crippen LogP contribution in [-0.4, -0.2) is 44.0 Å². The second kappa shape index (κ2) is 7.43. The van der Waals surface area contributed by atoms with Crippen molar-refractivity contribution in [2.45, 2.75) is 39.1 Å². The maximum Gasteiger partial charge on any atom is 0.573 e. The normalized spacial score (nSPS) is 24.7. The van der Waals surface area contributed by atoms with Crippen molar-refractivity contribution < 1.29 is 17.9 Å². The zero-order valence-electron chi connectivity index (χ0n) is 13.9. The summed E-state index contributed by atoms with van der Waals surface area (Å²) < 4.78 is 40.4. The molecule has 130 valence electrons. The van der Waals surface area contributed by atoms with Crippen LogP contribution < -0.4 is 9.64 Å². The smallest absolute Gasteiger partial charge is 0.406 e. The van der Waals surface area contributed by atoms with Gasteiger partial charge in [-0.15, -0.1) is 13.2 Å². The molecule has 0 spiro atoms. The Morgan fingerprint density at radius 1 is 1.04 bits per heavy atom. The number of rotatable bonds is 2. The zero-order chi connectivity index (χ0) is 17.0. The number of fused-ring (bicyclic) bond motifs is 1. The quantitative estimate of drug-likeness (QED) is 0.810. The van der Waals surface area contributed by atoms with Gasteiger partial charge in [-0.3, -0.25) is 0 Å². The van der Waals surface area contributed by atoms with E-state index in [2.05, 4.69) is 21.6 Å². The molecule has 2 atom stereocenters. The molecule has 3 rings (SSSR count). The summed E-state index contributed by atoms with van der Waals surface area (Å²) in [5.41, 5.74) is 0.988. The Balaban J connectivity index is 0.000000924. The molecule has 1 aromatic rings. The lowest BCUT2D eigenvalue weighted by Crippen LogP contribution is -2.44. The van der Waals surface area contributed by atoms with Gasteiger partial charge in [0.2, 0.25) is 0 Å². The lowest BCUT2D eigenvalue weighted by atomic mass is 9.93. The molecule has 0 radical (unpaired) electrons. The third-order valence-corrected chi connectivity index (χ3v) is 4.44. The Morgan fingerprint density at radius 3 is 2.30 bits per heavy atom. The second-order valence-electron chi connectivity index (χ2n) is 5.90. The standard InChI is InChI=1S/C15H19F3N2O.C2H6/c1-19-8-7-14-11(10-19)6-9-20(14)12-2-4-13(5-3-12)21-15(16,17)18;1-2/h2-5,11,14H,6-10H2,1H3;1-2H3. The number of hydrogen-bond acceptors (Lipinski definition) is 3. The van der Waals surface area contributed by atoms with Gasteiger partial charge in [0.05, 0.1) is 0 Å². The molecule has 23 heavy (non-hydrogen) atoms. The Bertz CT molecular complexity index is 490. The van der Waals surface area contributed by atoms with Crippen molar-refractivity contribution in [2.24, 2.45) is 5.92 Å². The highest BCUT2D eigenvalue weighted by Gasteiger charge is 2.37. The largest absolute Gasteiger partial charge is 0.573 e. The predicted octanol–water partition coefficient (Wildman–Crippen LogP) is 4.14. The molecular weight excluding hydrogens is 305 g/mol. The second-order valence-corrected chi connectivity index (χ2v) is 5.90. The van der Waals surface area contributed by atoms with E-state index in [1.165, 1.54) is 12.1 Å². The lowest BCUT2D eigenvalue weighted by Gasteiger charge is -2.37. The number of halogens is 3. The fourth-order valence-electron chi connectivity index (χ4n) is 3.53. The maximum atomic E-state index is 12.2. The SMILES string of the molecule is CC.CN1CCC2C(CCN2c2ccc(OC(F)(F)F)cc2)C1. The van der Waals surface area contributed by atoms with Gasteiger partial charge < -0.3 is 14.5 Å². The number of ether oxygens (including phenoxy) is 1. The van der Waals surface area contributed by atoms with Crippen LogP contribution in [0.25, 0.3) is 0 Å². The van der Waals surface area contributed by atoms with Crippen LogP contribution in [0.5, 0.6) is 5.75 Å². The minimum atomic E-state index is -4.63. The summed E-state index contributed by atoms with van der Waals surface area (Å²) >= 11 is 0. The van der Waals surface area contributed by atoms with E-state index in [0.29, 0.717) is 12.0 Å². The summed E-state index contributed by atoms with van der Waals surface area (Å²) in [6.07, 6.45) is -2.37. The monoisotopic (exact) mass is 330 g/mol. The number of piperidine rings is 1. The first kappa shape index (κ1) is 17.9. The number of alkyl halides is 3. The molecule has 2 heterocycles. The van der Waals surface area contributed by atoms with Gasteiger partial charge in [-0.2, -0.15) is 0 Å². The number of benzene rings is 1. The lowest BCUT2D eigenvalue weighted by molar-refractivity contribution is -0.274. The zero-order valence-corrected chi connectivity index (χ0v) is 13.9. The molecule has 3 nitrogen and oxygen atoms in total. The van der Waals surface area contributed by atoms with E-state index in [1.807, 2.05) is 13.8 Å². The molecule has 0 bridgehead atoms. The first-order chi connectivity index (χ1) is 10.9. The summed E-state index contributed by atoms with van der Waals surface area (Å²) in [4.78, 5) is 4.68. The molecule has 2 unspecified atom stereocenters. The third-order valence-electron chi connectivity index (χ3n) is 4.44. The average Bonchev–Trinajstić information content (AvgIpc) is 2.91. The van der Waals surface area contributed by atoms with Crippen LogP contribution in [0.1, 0.15) is 26.7 Å². The van der Waals surface area contributed by atoms with E-state index >= 15 is 0 Å². The van der Waals surface area contributed by atoms with Gasteiger partial charge in [-0.1, -0.05) is 13.8 Å². The first-order valence-corrected chi connectivity index (χ1v) is 8.23. The highest BCUT2D eigenvalue weighted by atomic mass is 19.4. The molecule has 6 heteroatoms. The van der Waals surface area contributed by atoms with Crippen LogP contribution in [0.4, 0.5) is 18.9 Å². The van der Waals surface area contributed by atoms with Gasteiger partial charge in [0.1, 0.15) is 5.75 Å². The van der Waals surface area contributed by atoms with Crippen LogP contribution in [0.3, 0.4) is 0 Å². The highest BCUT2D eigenvalue weighted by molar-refractivity contribution is 5.51. The Hall–Kier alpha value is -1.43. The molecule has 2 aliphatic rings. The highest BCUT2D eigenvalue weighted by Crippen LogP contribution is 2.35. The fourth-order valence-corrected chi connectivity index (χ4v) is 3.53. The first-order valence-electron chi connectivity index (χ1n) is 8.23. The van der Waals surface area contributed by atoms with Crippen molar-refractivity contribution in [2.75, 3.05) is 31.6 Å². The van der Waals surface area contributed by atoms with Gasteiger partial charge in [-0.05, 0) is 56.6 Å². The van der Waals surface area contributed by atoms with E-state index in [4.69, 9.17) is 0 Å². The molecule has 0 N–H and O–H groups in total. The molecule has 2 saturated heterocycles. The fraction of sp³-hybridized carbons (Fsp3) is 0.647. The minimum Gasteiger partial charge on any atom is -0.406 e. The molecule has 1 aromatic carbocycles. The van der Waals surface area contributed by atoms with E-state index in [-0.39, 0.29) is 5.75 Å². The van der Waals surface area contributed by atoms with Gasteiger partial charge in [0.25, 0.3) is 0 Å². The molecule has 2 aliphatic heterocycles. The summed E-state index contributed by atoms with van der Waals surface area (Å²) in [6.45, 7) is 7.16. The Kier molecular flexibility index (Phi) is 5.79. The van der Waals surface area contributed by atoms with Crippen LogP contribution in [0, 0.1) is 5.92 Å². The number of likely N-dealkylation sites (tertiary alicyclic amines) is 1. The summed E-state index contributed by atoms with van der Waals surface area (Å²) in [5, 5.41) is 0. The third kappa shape index (κ3) is 4.53. The molecule has 2 fully saturated rings. The van der Waals surface area contributed by atoms with Crippen molar-refractivity contribution in [1.82, 2.24) is 4.90 Å². The Morgan fingerprint density at radius 2 is 1.70 bits per heavy atom. The van der Waals surface area contributed by atoms with Crippen LogP contribution in [-0.2, 0) is 0 Å². The summed E-state index contributed by atoms with van der Waals surface area (Å²) in [7, 11) is 2.14. The van der Waals surface area contributed by atoms with E-state index in [1.54, 1.807) is 12.1 Å². The number of anilines is 1. The van der Waals surface area contributed by atoms with E-state index in [9.17, 15) is 13.2 Å². The van der Waals surface area contributed by atoms with Crippen LogP contribution >= 0.6 is 0 Å². The summed E-state index contributed by atoms with van der Waals surface area (Å²) in [6, 6.07) is 6.75. The van der Waals surface area contributed by atoms with Crippen molar-refractivity contribution in [3.05, 3.63) is 24.3 Å². The van der Waals surface area contributed by atoms with E-state index < -0.39 is 6.36 Å². The van der Waals surface area contributed by atoms with Gasteiger partial charge >= 0.3 is 6.36 Å². The average molecular weight is 330 g/mol. The Labute approximate surface area is 136 Å². The number of hydrogen-bond donors (Lipinski definition) is 0. The van der Waals surface area contributed by atoms with Crippen LogP contribution in [0.2, 0.25) is 0 Å². The van der Waals surface area contributed by atoms with Crippen molar-refractivity contribution in [3.63, 3.8) is 0 Å². The molecular formula is C17H25F3N2O. The van der Waals surface area contributed by atoms with Crippen LogP contribution in [0.15, 0.2) is 24.3 Å². The van der Waals surface area contributed by atoms with E-state index in [0.717, 1.165) is 38.2 Å². The topological polar surface area (TPSA) is 15.7 Å². The predicted molar refractivity (Wildman–Crippen MR) is 85.8 cm³/mol. The minimum absolute atomic E-state index is 0.162. The molecule has 0 amide bonds. The van der Waals surface area contributed by atoms with Gasteiger partial charge in [0, 0.05) is 24.8 Å². The van der Waals surface area contributed by atoms with Gasteiger partial charge in [0.15, 0.2) is 0 Å². The summed E-state index contributed by atoms with van der Waals surface area (Å²) in [5.74, 6) is 0.500. The van der Waals surface area contributed by atoms with Crippen molar-refractivity contribution in [3.8, 4) is 5.75 Å². The van der Waals surface area contributed by atoms with Gasteiger partial charge in [-0.25, -0.2) is 0 Å².